The lowest BCUT2D eigenvalue weighted by Crippen LogP contribution is -2.19. The van der Waals surface area contributed by atoms with Crippen molar-refractivity contribution in [2.24, 2.45) is 0 Å². The van der Waals surface area contributed by atoms with E-state index >= 15 is 0 Å². The number of carbonyl (C=O) groups excluding carboxylic acids is 1. The van der Waals surface area contributed by atoms with Gasteiger partial charge in [0.05, 0.1) is 0 Å². The second-order valence-electron chi connectivity index (χ2n) is 3.61. The van der Waals surface area contributed by atoms with Crippen molar-refractivity contribution in [3.8, 4) is 5.75 Å². The first kappa shape index (κ1) is 11.7. The molecule has 0 aliphatic heterocycles. The van der Waals surface area contributed by atoms with Gasteiger partial charge >= 0.3 is 0 Å². The summed E-state index contributed by atoms with van der Waals surface area (Å²) >= 11 is 0. The quantitative estimate of drug-likeness (QED) is 0.681. The van der Waals surface area contributed by atoms with E-state index in [0.29, 0.717) is 18.1 Å². The molecule has 0 aliphatic carbocycles. The van der Waals surface area contributed by atoms with E-state index in [1.165, 1.54) is 0 Å². The number of aldehydes is 1. The third-order valence-corrected chi connectivity index (χ3v) is 1.93. The maximum absolute atomic E-state index is 10.7. The van der Waals surface area contributed by atoms with Gasteiger partial charge in [-0.25, -0.2) is 4.98 Å². The highest BCUT2D eigenvalue weighted by Crippen LogP contribution is 2.14. The van der Waals surface area contributed by atoms with E-state index in [0.717, 1.165) is 18.5 Å². The Bertz CT molecular complexity index is 337. The second kappa shape index (κ2) is 5.46. The number of ether oxygens (including phenoxy) is 1. The summed E-state index contributed by atoms with van der Waals surface area (Å²) in [7, 11) is 3.94. The first-order valence-corrected chi connectivity index (χ1v) is 4.84. The maximum Gasteiger partial charge on any atom is 0.172 e. The molecule has 0 unspecified atom stereocenters. The van der Waals surface area contributed by atoms with Crippen LogP contribution in [0.2, 0.25) is 0 Å². The van der Waals surface area contributed by atoms with Gasteiger partial charge in [0.1, 0.15) is 18.1 Å². The third-order valence-electron chi connectivity index (χ3n) is 1.93. The van der Waals surface area contributed by atoms with Gasteiger partial charge < -0.3 is 9.64 Å². The van der Waals surface area contributed by atoms with Gasteiger partial charge in [0.25, 0.3) is 0 Å². The smallest absolute Gasteiger partial charge is 0.172 e. The van der Waals surface area contributed by atoms with E-state index in [4.69, 9.17) is 4.74 Å². The molecule has 82 valence electrons. The minimum absolute atomic E-state index is 0.369. The largest absolute Gasteiger partial charge is 0.490 e. The lowest BCUT2D eigenvalue weighted by molar-refractivity contribution is 0.111. The summed E-state index contributed by atoms with van der Waals surface area (Å²) < 4.78 is 5.46. The van der Waals surface area contributed by atoms with Crippen molar-refractivity contribution in [3.63, 3.8) is 0 Å². The molecule has 4 nitrogen and oxygen atoms in total. The molecule has 0 bridgehead atoms. The third kappa shape index (κ3) is 3.67. The first-order chi connectivity index (χ1) is 7.13. The van der Waals surface area contributed by atoms with Crippen LogP contribution >= 0.6 is 0 Å². The van der Waals surface area contributed by atoms with Gasteiger partial charge in [0, 0.05) is 12.2 Å². The second-order valence-corrected chi connectivity index (χ2v) is 3.61. The molecule has 1 aromatic rings. The molecule has 0 aliphatic rings. The lowest BCUT2D eigenvalue weighted by atomic mass is 10.3. The Morgan fingerprint density at radius 2 is 2.20 bits per heavy atom. The Hall–Kier alpha value is -1.42. The zero-order valence-corrected chi connectivity index (χ0v) is 9.36. The monoisotopic (exact) mass is 208 g/mol. The van der Waals surface area contributed by atoms with E-state index in [2.05, 4.69) is 4.98 Å². The van der Waals surface area contributed by atoms with Crippen molar-refractivity contribution in [2.75, 3.05) is 27.2 Å². The van der Waals surface area contributed by atoms with Gasteiger partial charge in [0.2, 0.25) is 0 Å². The van der Waals surface area contributed by atoms with E-state index in [1.54, 1.807) is 6.07 Å². The summed E-state index contributed by atoms with van der Waals surface area (Å²) in [5.41, 5.74) is 1.19. The lowest BCUT2D eigenvalue weighted by Gasteiger charge is -2.11. The molecule has 0 saturated heterocycles. The molecule has 0 saturated carbocycles. The van der Waals surface area contributed by atoms with E-state index in [-0.39, 0.29) is 0 Å². The van der Waals surface area contributed by atoms with E-state index < -0.39 is 0 Å². The molecule has 0 fully saturated rings. The summed E-state index contributed by atoms with van der Waals surface area (Å²) in [4.78, 5) is 16.8. The number of aryl methyl sites for hydroxylation is 1. The number of hydrogen-bond acceptors (Lipinski definition) is 4. The van der Waals surface area contributed by atoms with Crippen molar-refractivity contribution < 1.29 is 9.53 Å². The molecule has 0 N–H and O–H groups in total. The molecule has 1 heterocycles. The van der Waals surface area contributed by atoms with Crippen LogP contribution in [-0.2, 0) is 0 Å². The molecule has 1 aromatic heterocycles. The van der Waals surface area contributed by atoms with E-state index in [1.807, 2.05) is 32.0 Å². The van der Waals surface area contributed by atoms with Crippen molar-refractivity contribution in [1.29, 1.82) is 0 Å². The van der Waals surface area contributed by atoms with Crippen molar-refractivity contribution in [3.05, 3.63) is 23.5 Å². The molecule has 15 heavy (non-hydrogen) atoms. The van der Waals surface area contributed by atoms with Gasteiger partial charge in [-0.3, -0.25) is 4.79 Å². The molecule has 4 heteroatoms. The van der Waals surface area contributed by atoms with Crippen molar-refractivity contribution in [1.82, 2.24) is 9.88 Å². The first-order valence-electron chi connectivity index (χ1n) is 4.84. The highest BCUT2D eigenvalue weighted by molar-refractivity contribution is 5.76. The standard InChI is InChI=1S/C11H16N2O2/c1-9-4-5-11(10(8-14)12-9)15-7-6-13(2)3/h4-5,8H,6-7H2,1-3H3. The summed E-state index contributed by atoms with van der Waals surface area (Å²) in [5.74, 6) is 0.553. The zero-order chi connectivity index (χ0) is 11.3. The van der Waals surface area contributed by atoms with Crippen LogP contribution in [0.5, 0.6) is 5.75 Å². The molecule has 0 spiro atoms. The molecule has 0 aromatic carbocycles. The van der Waals surface area contributed by atoms with Gasteiger partial charge in [-0.05, 0) is 33.2 Å². The Morgan fingerprint density at radius 1 is 1.47 bits per heavy atom. The normalized spacial score (nSPS) is 10.4. The number of likely N-dealkylation sites (N-methyl/N-ethyl adjacent to an activating group) is 1. The summed E-state index contributed by atoms with van der Waals surface area (Å²) in [6.45, 7) is 3.21. The number of rotatable bonds is 5. The van der Waals surface area contributed by atoms with Gasteiger partial charge in [-0.2, -0.15) is 0 Å². The van der Waals surface area contributed by atoms with Crippen LogP contribution in [0.25, 0.3) is 0 Å². The highest BCUT2D eigenvalue weighted by Gasteiger charge is 2.04. The molecular weight excluding hydrogens is 192 g/mol. The average molecular weight is 208 g/mol. The summed E-state index contributed by atoms with van der Waals surface area (Å²) in [5, 5.41) is 0. The van der Waals surface area contributed by atoms with Crippen LogP contribution in [0, 0.1) is 6.92 Å². The number of pyridine rings is 1. The van der Waals surface area contributed by atoms with Gasteiger partial charge in [-0.15, -0.1) is 0 Å². The highest BCUT2D eigenvalue weighted by atomic mass is 16.5. The summed E-state index contributed by atoms with van der Waals surface area (Å²) in [6, 6.07) is 3.61. The van der Waals surface area contributed by atoms with Gasteiger partial charge in [-0.1, -0.05) is 0 Å². The number of nitrogens with zero attached hydrogens (tertiary/aromatic N) is 2. The molecular formula is C11H16N2O2. The summed E-state index contributed by atoms with van der Waals surface area (Å²) in [6.07, 6.45) is 0.720. The Kier molecular flexibility index (Phi) is 4.24. The minimum atomic E-state index is 0.369. The fraction of sp³-hybridized carbons (Fsp3) is 0.455. The van der Waals surface area contributed by atoms with Gasteiger partial charge in [0.15, 0.2) is 6.29 Å². The predicted molar refractivity (Wildman–Crippen MR) is 58.4 cm³/mol. The van der Waals surface area contributed by atoms with Crippen LogP contribution in [-0.4, -0.2) is 43.4 Å². The van der Waals surface area contributed by atoms with Crippen molar-refractivity contribution >= 4 is 6.29 Å². The number of carbonyl (C=O) groups is 1. The molecule has 1 rings (SSSR count). The maximum atomic E-state index is 10.7. The molecule has 0 radical (unpaired) electrons. The average Bonchev–Trinajstić information content (AvgIpc) is 2.19. The van der Waals surface area contributed by atoms with Crippen LogP contribution in [0.1, 0.15) is 16.2 Å². The molecule has 0 atom stereocenters. The number of hydrogen-bond donors (Lipinski definition) is 0. The Balaban J connectivity index is 2.64. The van der Waals surface area contributed by atoms with E-state index in [9.17, 15) is 4.79 Å². The van der Waals surface area contributed by atoms with Crippen LogP contribution < -0.4 is 4.74 Å². The fourth-order valence-corrected chi connectivity index (χ4v) is 1.11. The van der Waals surface area contributed by atoms with Crippen LogP contribution in [0.15, 0.2) is 12.1 Å². The van der Waals surface area contributed by atoms with Crippen LogP contribution in [0.4, 0.5) is 0 Å². The topological polar surface area (TPSA) is 42.4 Å². The fourth-order valence-electron chi connectivity index (χ4n) is 1.11. The predicted octanol–water partition coefficient (Wildman–Crippen LogP) is 1.14. The zero-order valence-electron chi connectivity index (χ0n) is 9.36. The molecule has 0 amide bonds. The Morgan fingerprint density at radius 3 is 2.80 bits per heavy atom. The Labute approximate surface area is 89.9 Å². The number of aromatic nitrogens is 1. The van der Waals surface area contributed by atoms with Crippen LogP contribution in [0.3, 0.4) is 0 Å². The van der Waals surface area contributed by atoms with Crippen molar-refractivity contribution in [2.45, 2.75) is 6.92 Å². The SMILES string of the molecule is Cc1ccc(OCCN(C)C)c(C=O)n1. The minimum Gasteiger partial charge on any atom is -0.490 e.